The van der Waals surface area contributed by atoms with Crippen molar-refractivity contribution >= 4 is 15.9 Å². The average molecular weight is 391 g/mol. The predicted molar refractivity (Wildman–Crippen MR) is 96.0 cm³/mol. The van der Waals surface area contributed by atoms with Gasteiger partial charge >= 0.3 is 0 Å². The van der Waals surface area contributed by atoms with Gasteiger partial charge in [0.2, 0.25) is 27.6 Å². The van der Waals surface area contributed by atoms with E-state index in [0.29, 0.717) is 56.4 Å². The summed E-state index contributed by atoms with van der Waals surface area (Å²) >= 11 is 0. The van der Waals surface area contributed by atoms with Gasteiger partial charge in [-0.15, -0.1) is 0 Å². The predicted octanol–water partition coefficient (Wildman–Crippen LogP) is 0.729. The molecule has 0 bridgehead atoms. The SMILES string of the molecule is CS(=O)(=O)N1CCC(C(=O)N2CC(c3nc(-c4ccccn4)no3)C2)CC1. The third kappa shape index (κ3) is 3.72. The highest BCUT2D eigenvalue weighted by Crippen LogP contribution is 2.30. The maximum atomic E-state index is 12.6. The van der Waals surface area contributed by atoms with Gasteiger partial charge in [0, 0.05) is 38.3 Å². The fourth-order valence-electron chi connectivity index (χ4n) is 3.51. The zero-order chi connectivity index (χ0) is 19.0. The Labute approximate surface area is 157 Å². The molecule has 0 aliphatic carbocycles. The summed E-state index contributed by atoms with van der Waals surface area (Å²) in [6, 6.07) is 5.49. The first-order valence-electron chi connectivity index (χ1n) is 8.91. The van der Waals surface area contributed by atoms with Crippen molar-refractivity contribution in [2.24, 2.45) is 5.92 Å². The van der Waals surface area contributed by atoms with Crippen molar-refractivity contribution in [1.82, 2.24) is 24.3 Å². The van der Waals surface area contributed by atoms with E-state index in [9.17, 15) is 13.2 Å². The standard InChI is InChI=1S/C17H21N5O4S/c1-27(24,25)22-8-5-12(6-9-22)17(23)21-10-13(11-21)16-19-15(20-26-16)14-4-2-3-7-18-14/h2-4,7,12-13H,5-6,8-11H2,1H3. The third-order valence-electron chi connectivity index (χ3n) is 5.15. The zero-order valence-electron chi connectivity index (χ0n) is 15.0. The van der Waals surface area contributed by atoms with Crippen molar-refractivity contribution in [1.29, 1.82) is 0 Å². The average Bonchev–Trinajstić information content (AvgIpc) is 3.10. The summed E-state index contributed by atoms with van der Waals surface area (Å²) in [6.07, 6.45) is 4.01. The number of likely N-dealkylation sites (tertiary alicyclic amines) is 1. The summed E-state index contributed by atoms with van der Waals surface area (Å²) in [7, 11) is -3.18. The minimum Gasteiger partial charge on any atom is -0.341 e. The van der Waals surface area contributed by atoms with Gasteiger partial charge in [0.1, 0.15) is 5.69 Å². The lowest BCUT2D eigenvalue weighted by Crippen LogP contribution is -2.52. The first-order valence-corrected chi connectivity index (χ1v) is 10.8. The lowest BCUT2D eigenvalue weighted by atomic mass is 9.92. The van der Waals surface area contributed by atoms with Gasteiger partial charge in [0.25, 0.3) is 0 Å². The van der Waals surface area contributed by atoms with E-state index < -0.39 is 10.0 Å². The van der Waals surface area contributed by atoms with Crippen LogP contribution in [-0.4, -0.2) is 71.1 Å². The highest BCUT2D eigenvalue weighted by molar-refractivity contribution is 7.88. The highest BCUT2D eigenvalue weighted by Gasteiger charge is 2.39. The molecule has 2 aromatic rings. The molecule has 144 valence electrons. The molecule has 0 spiro atoms. The molecular weight excluding hydrogens is 370 g/mol. The molecule has 2 fully saturated rings. The van der Waals surface area contributed by atoms with E-state index >= 15 is 0 Å². The van der Waals surface area contributed by atoms with Crippen LogP contribution in [0.3, 0.4) is 0 Å². The number of rotatable bonds is 4. The zero-order valence-corrected chi connectivity index (χ0v) is 15.8. The number of pyridine rings is 1. The second kappa shape index (κ2) is 7.01. The van der Waals surface area contributed by atoms with Crippen LogP contribution in [0, 0.1) is 5.92 Å². The fraction of sp³-hybridized carbons (Fsp3) is 0.529. The second-order valence-electron chi connectivity index (χ2n) is 7.05. The van der Waals surface area contributed by atoms with Gasteiger partial charge in [-0.05, 0) is 25.0 Å². The smallest absolute Gasteiger partial charge is 0.233 e. The summed E-state index contributed by atoms with van der Waals surface area (Å²) < 4.78 is 29.9. The Morgan fingerprint density at radius 3 is 2.59 bits per heavy atom. The summed E-state index contributed by atoms with van der Waals surface area (Å²) in [5, 5.41) is 3.97. The van der Waals surface area contributed by atoms with Crippen LogP contribution >= 0.6 is 0 Å². The van der Waals surface area contributed by atoms with Crippen LogP contribution in [0.15, 0.2) is 28.9 Å². The van der Waals surface area contributed by atoms with Crippen LogP contribution in [-0.2, 0) is 14.8 Å². The molecule has 0 unspecified atom stereocenters. The van der Waals surface area contributed by atoms with Crippen LogP contribution in [0.4, 0.5) is 0 Å². The van der Waals surface area contributed by atoms with Gasteiger partial charge in [-0.2, -0.15) is 4.98 Å². The molecule has 10 heteroatoms. The quantitative estimate of drug-likeness (QED) is 0.756. The van der Waals surface area contributed by atoms with Crippen LogP contribution in [0.5, 0.6) is 0 Å². The number of carbonyl (C=O) groups is 1. The van der Waals surface area contributed by atoms with Crippen molar-refractivity contribution in [2.75, 3.05) is 32.4 Å². The van der Waals surface area contributed by atoms with Crippen LogP contribution in [0.2, 0.25) is 0 Å². The van der Waals surface area contributed by atoms with Gasteiger partial charge in [0.15, 0.2) is 0 Å². The summed E-state index contributed by atoms with van der Waals surface area (Å²) in [4.78, 5) is 23.0. The van der Waals surface area contributed by atoms with E-state index in [-0.39, 0.29) is 17.7 Å². The van der Waals surface area contributed by atoms with Crippen molar-refractivity contribution in [2.45, 2.75) is 18.8 Å². The van der Waals surface area contributed by atoms with Crippen molar-refractivity contribution in [3.8, 4) is 11.5 Å². The number of hydrogen-bond acceptors (Lipinski definition) is 7. The van der Waals surface area contributed by atoms with Gasteiger partial charge < -0.3 is 9.42 Å². The molecular formula is C17H21N5O4S. The number of hydrogen-bond donors (Lipinski definition) is 0. The number of piperidine rings is 1. The van der Waals surface area contributed by atoms with Crippen LogP contribution < -0.4 is 0 Å². The topological polar surface area (TPSA) is 110 Å². The molecule has 2 aromatic heterocycles. The normalized spacial score (nSPS) is 19.8. The summed E-state index contributed by atoms with van der Waals surface area (Å²) in [6.45, 7) is 1.91. The largest absolute Gasteiger partial charge is 0.341 e. The van der Waals surface area contributed by atoms with E-state index in [1.807, 2.05) is 18.2 Å². The Balaban J connectivity index is 1.31. The Bertz CT molecular complexity index is 916. The summed E-state index contributed by atoms with van der Waals surface area (Å²) in [5.74, 6) is 0.977. The van der Waals surface area contributed by atoms with Gasteiger partial charge in [0.05, 0.1) is 12.2 Å². The molecule has 4 heterocycles. The number of aromatic nitrogens is 3. The number of sulfonamides is 1. The monoisotopic (exact) mass is 391 g/mol. The molecule has 0 saturated carbocycles. The molecule has 2 aliphatic rings. The fourth-order valence-corrected chi connectivity index (χ4v) is 4.38. The molecule has 27 heavy (non-hydrogen) atoms. The van der Waals surface area contributed by atoms with Crippen LogP contribution in [0.25, 0.3) is 11.5 Å². The highest BCUT2D eigenvalue weighted by atomic mass is 32.2. The molecule has 4 rings (SSSR count). The first-order chi connectivity index (χ1) is 12.9. The molecule has 0 N–H and O–H groups in total. The Kier molecular flexibility index (Phi) is 4.68. The van der Waals surface area contributed by atoms with Crippen molar-refractivity contribution in [3.63, 3.8) is 0 Å². The van der Waals surface area contributed by atoms with E-state index in [1.54, 1.807) is 11.1 Å². The molecule has 0 atom stereocenters. The Morgan fingerprint density at radius 1 is 1.22 bits per heavy atom. The number of carbonyl (C=O) groups excluding carboxylic acids is 1. The van der Waals surface area contributed by atoms with E-state index in [4.69, 9.17) is 4.52 Å². The lowest BCUT2D eigenvalue weighted by Gasteiger charge is -2.40. The summed E-state index contributed by atoms with van der Waals surface area (Å²) in [5.41, 5.74) is 0.650. The first kappa shape index (κ1) is 18.1. The lowest BCUT2D eigenvalue weighted by molar-refractivity contribution is -0.141. The van der Waals surface area contributed by atoms with E-state index in [2.05, 4.69) is 15.1 Å². The Morgan fingerprint density at radius 2 is 1.96 bits per heavy atom. The molecule has 1 amide bonds. The van der Waals surface area contributed by atoms with Crippen LogP contribution in [0.1, 0.15) is 24.7 Å². The van der Waals surface area contributed by atoms with Gasteiger partial charge in [-0.25, -0.2) is 12.7 Å². The minimum atomic E-state index is -3.18. The minimum absolute atomic E-state index is 0.0371. The van der Waals surface area contributed by atoms with E-state index in [1.165, 1.54) is 10.6 Å². The maximum Gasteiger partial charge on any atom is 0.233 e. The molecule has 2 aliphatic heterocycles. The van der Waals surface area contributed by atoms with Crippen molar-refractivity contribution < 1.29 is 17.7 Å². The third-order valence-corrected chi connectivity index (χ3v) is 6.45. The maximum absolute atomic E-state index is 12.6. The van der Waals surface area contributed by atoms with E-state index in [0.717, 1.165) is 0 Å². The van der Waals surface area contributed by atoms with Gasteiger partial charge in [-0.3, -0.25) is 9.78 Å². The number of nitrogens with zero attached hydrogens (tertiary/aromatic N) is 5. The number of amides is 1. The molecule has 2 saturated heterocycles. The molecule has 0 aromatic carbocycles. The van der Waals surface area contributed by atoms with Gasteiger partial charge in [-0.1, -0.05) is 11.2 Å². The van der Waals surface area contributed by atoms with Crippen molar-refractivity contribution in [3.05, 3.63) is 30.3 Å². The molecule has 0 radical (unpaired) electrons. The molecule has 9 nitrogen and oxygen atoms in total. The second-order valence-corrected chi connectivity index (χ2v) is 9.03. The Hall–Kier alpha value is -2.33.